The van der Waals surface area contributed by atoms with Gasteiger partial charge in [-0.25, -0.2) is 4.99 Å². The van der Waals surface area contributed by atoms with Crippen molar-refractivity contribution in [2.45, 2.75) is 33.4 Å². The van der Waals surface area contributed by atoms with Gasteiger partial charge in [0.05, 0.1) is 19.7 Å². The predicted octanol–water partition coefficient (Wildman–Crippen LogP) is 3.12. The molecule has 1 heterocycles. The monoisotopic (exact) mass is 331 g/mol. The average molecular weight is 331 g/mol. The fourth-order valence-electron chi connectivity index (χ4n) is 2.26. The zero-order valence-corrected chi connectivity index (χ0v) is 14.6. The van der Waals surface area contributed by atoms with Gasteiger partial charge in [0.15, 0.2) is 5.96 Å². The van der Waals surface area contributed by atoms with Crippen molar-refractivity contribution in [1.29, 1.82) is 0 Å². The molecule has 0 saturated carbocycles. The van der Waals surface area contributed by atoms with Crippen molar-refractivity contribution in [2.75, 3.05) is 13.7 Å². The first-order valence-electron chi connectivity index (χ1n) is 8.00. The van der Waals surface area contributed by atoms with Crippen LogP contribution in [0.5, 0.6) is 11.5 Å². The van der Waals surface area contributed by atoms with Gasteiger partial charge in [0, 0.05) is 12.1 Å². The van der Waals surface area contributed by atoms with Crippen molar-refractivity contribution in [2.24, 2.45) is 4.99 Å². The van der Waals surface area contributed by atoms with E-state index in [1.807, 2.05) is 32.9 Å². The first-order valence-corrected chi connectivity index (χ1v) is 8.00. The Morgan fingerprint density at radius 2 is 2.12 bits per heavy atom. The number of phenols is 1. The Kier molecular flexibility index (Phi) is 6.12. The summed E-state index contributed by atoms with van der Waals surface area (Å²) in [6.07, 6.45) is 0. The highest BCUT2D eigenvalue weighted by atomic mass is 16.5. The number of aryl methyl sites for hydroxylation is 1. The van der Waals surface area contributed by atoms with E-state index < -0.39 is 0 Å². The maximum absolute atomic E-state index is 9.96. The lowest BCUT2D eigenvalue weighted by Gasteiger charge is -2.16. The summed E-state index contributed by atoms with van der Waals surface area (Å²) in [5, 5.41) is 16.4. The van der Waals surface area contributed by atoms with Crippen LogP contribution in [-0.4, -0.2) is 24.7 Å². The first-order chi connectivity index (χ1) is 11.5. The van der Waals surface area contributed by atoms with E-state index in [0.717, 1.165) is 18.1 Å². The number of hydrogen-bond acceptors (Lipinski definition) is 4. The molecule has 1 aromatic heterocycles. The van der Waals surface area contributed by atoms with E-state index in [2.05, 4.69) is 15.6 Å². The van der Waals surface area contributed by atoms with Crippen molar-refractivity contribution in [3.8, 4) is 11.5 Å². The molecule has 0 aliphatic heterocycles. The van der Waals surface area contributed by atoms with Gasteiger partial charge in [0.1, 0.15) is 23.0 Å². The summed E-state index contributed by atoms with van der Waals surface area (Å²) in [6, 6.07) is 8.97. The second-order valence-electron chi connectivity index (χ2n) is 5.50. The number of methoxy groups -OCH3 is 1. The molecule has 130 valence electrons. The number of nitrogens with zero attached hydrogens (tertiary/aromatic N) is 1. The molecule has 2 rings (SSSR count). The van der Waals surface area contributed by atoms with E-state index in [0.29, 0.717) is 23.8 Å². The van der Waals surface area contributed by atoms with Gasteiger partial charge in [-0.15, -0.1) is 0 Å². The number of guanidine groups is 1. The van der Waals surface area contributed by atoms with Crippen LogP contribution in [0.3, 0.4) is 0 Å². The SMILES string of the molecule is CCNC(=NCc1cc(OC)ccc1O)NC(C)c1ccc(C)o1. The number of ether oxygens (including phenoxy) is 1. The Balaban J connectivity index is 2.10. The van der Waals surface area contributed by atoms with Gasteiger partial charge in [0.25, 0.3) is 0 Å². The molecule has 0 aliphatic carbocycles. The molecule has 0 fully saturated rings. The molecule has 0 radical (unpaired) electrons. The van der Waals surface area contributed by atoms with E-state index in [-0.39, 0.29) is 11.8 Å². The Hall–Kier alpha value is -2.63. The molecular formula is C18H25N3O3. The molecule has 0 spiro atoms. The predicted molar refractivity (Wildman–Crippen MR) is 94.5 cm³/mol. The highest BCUT2D eigenvalue weighted by molar-refractivity contribution is 5.80. The summed E-state index contributed by atoms with van der Waals surface area (Å²) in [7, 11) is 1.60. The molecule has 0 amide bonds. The standard InChI is InChI=1S/C18H25N3O3/c1-5-19-18(21-13(3)17-9-6-12(2)24-17)20-11-14-10-15(23-4)7-8-16(14)22/h6-10,13,22H,5,11H2,1-4H3,(H2,19,20,21). The fraction of sp³-hybridized carbons (Fsp3) is 0.389. The molecule has 0 aliphatic rings. The minimum Gasteiger partial charge on any atom is -0.508 e. The van der Waals surface area contributed by atoms with Crippen LogP contribution in [0.4, 0.5) is 0 Å². The zero-order chi connectivity index (χ0) is 17.5. The Morgan fingerprint density at radius 1 is 1.33 bits per heavy atom. The van der Waals surface area contributed by atoms with Gasteiger partial charge in [-0.3, -0.25) is 0 Å². The molecule has 3 N–H and O–H groups in total. The quantitative estimate of drug-likeness (QED) is 0.560. The lowest BCUT2D eigenvalue weighted by molar-refractivity contribution is 0.411. The van der Waals surface area contributed by atoms with E-state index >= 15 is 0 Å². The van der Waals surface area contributed by atoms with Gasteiger partial charge in [-0.2, -0.15) is 0 Å². The average Bonchev–Trinajstić information content (AvgIpc) is 3.00. The number of aromatic hydroxyl groups is 1. The summed E-state index contributed by atoms with van der Waals surface area (Å²) in [6.45, 7) is 7.00. The molecule has 6 nitrogen and oxygen atoms in total. The Labute approximate surface area is 142 Å². The van der Waals surface area contributed by atoms with Gasteiger partial charge in [-0.1, -0.05) is 0 Å². The smallest absolute Gasteiger partial charge is 0.192 e. The normalized spacial score (nSPS) is 12.8. The van der Waals surface area contributed by atoms with E-state index in [4.69, 9.17) is 9.15 Å². The minimum absolute atomic E-state index is 0.0181. The number of aliphatic imine (C=N–C) groups is 1. The van der Waals surface area contributed by atoms with Gasteiger partial charge < -0.3 is 24.9 Å². The van der Waals surface area contributed by atoms with Crippen LogP contribution >= 0.6 is 0 Å². The maximum atomic E-state index is 9.96. The van der Waals surface area contributed by atoms with Crippen molar-refractivity contribution in [3.63, 3.8) is 0 Å². The van der Waals surface area contributed by atoms with Crippen LogP contribution in [0.1, 0.15) is 37.0 Å². The highest BCUT2D eigenvalue weighted by Crippen LogP contribution is 2.23. The van der Waals surface area contributed by atoms with Crippen molar-refractivity contribution >= 4 is 5.96 Å². The van der Waals surface area contributed by atoms with Crippen molar-refractivity contribution < 1.29 is 14.3 Å². The largest absolute Gasteiger partial charge is 0.508 e. The number of phenolic OH excluding ortho intramolecular Hbond substituents is 1. The second-order valence-corrected chi connectivity index (χ2v) is 5.50. The lowest BCUT2D eigenvalue weighted by atomic mass is 10.2. The third-order valence-electron chi connectivity index (χ3n) is 3.58. The van der Waals surface area contributed by atoms with E-state index in [1.54, 1.807) is 25.3 Å². The number of furan rings is 1. The van der Waals surface area contributed by atoms with Crippen LogP contribution in [0.2, 0.25) is 0 Å². The molecule has 1 atom stereocenters. The molecular weight excluding hydrogens is 306 g/mol. The van der Waals surface area contributed by atoms with Crippen LogP contribution < -0.4 is 15.4 Å². The van der Waals surface area contributed by atoms with Crippen LogP contribution in [0, 0.1) is 6.92 Å². The minimum atomic E-state index is -0.0181. The highest BCUT2D eigenvalue weighted by Gasteiger charge is 2.11. The Bertz CT molecular complexity index is 695. The second kappa shape index (κ2) is 8.29. The third-order valence-corrected chi connectivity index (χ3v) is 3.58. The van der Waals surface area contributed by atoms with Crippen molar-refractivity contribution in [1.82, 2.24) is 10.6 Å². The van der Waals surface area contributed by atoms with Gasteiger partial charge in [0.2, 0.25) is 0 Å². The Morgan fingerprint density at radius 3 is 2.75 bits per heavy atom. The number of benzene rings is 1. The number of nitrogens with one attached hydrogen (secondary N) is 2. The molecule has 2 aromatic rings. The molecule has 0 bridgehead atoms. The van der Waals surface area contributed by atoms with Crippen LogP contribution in [-0.2, 0) is 6.54 Å². The lowest BCUT2D eigenvalue weighted by Crippen LogP contribution is -2.38. The summed E-state index contributed by atoms with van der Waals surface area (Å²) in [5.74, 6) is 3.27. The van der Waals surface area contributed by atoms with Gasteiger partial charge in [-0.05, 0) is 51.1 Å². The van der Waals surface area contributed by atoms with Crippen LogP contribution in [0.25, 0.3) is 0 Å². The molecule has 24 heavy (non-hydrogen) atoms. The first kappa shape index (κ1) is 17.7. The summed E-state index contributed by atoms with van der Waals surface area (Å²) < 4.78 is 10.8. The summed E-state index contributed by atoms with van der Waals surface area (Å²) in [5.41, 5.74) is 0.702. The maximum Gasteiger partial charge on any atom is 0.192 e. The molecule has 1 unspecified atom stereocenters. The topological polar surface area (TPSA) is 79.0 Å². The number of rotatable bonds is 6. The zero-order valence-electron chi connectivity index (χ0n) is 14.6. The van der Waals surface area contributed by atoms with Crippen molar-refractivity contribution in [3.05, 3.63) is 47.4 Å². The fourth-order valence-corrected chi connectivity index (χ4v) is 2.26. The third kappa shape index (κ3) is 4.68. The van der Waals surface area contributed by atoms with E-state index in [1.165, 1.54) is 0 Å². The molecule has 1 aromatic carbocycles. The van der Waals surface area contributed by atoms with E-state index in [9.17, 15) is 5.11 Å². The number of hydrogen-bond donors (Lipinski definition) is 3. The van der Waals surface area contributed by atoms with Crippen LogP contribution in [0.15, 0.2) is 39.7 Å². The summed E-state index contributed by atoms with van der Waals surface area (Å²) >= 11 is 0. The summed E-state index contributed by atoms with van der Waals surface area (Å²) in [4.78, 5) is 4.53. The van der Waals surface area contributed by atoms with Gasteiger partial charge >= 0.3 is 0 Å². The molecule has 6 heteroatoms. The molecule has 0 saturated heterocycles.